The van der Waals surface area contributed by atoms with Crippen LogP contribution in [0.25, 0.3) is 0 Å². The summed E-state index contributed by atoms with van der Waals surface area (Å²) in [5, 5.41) is 12.7. The number of carboxylic acid groups (broad SMARTS) is 1. The molecule has 0 saturated heterocycles. The maximum Gasteiger partial charge on any atom is 0.341 e. The number of alkyl halides is 2. The van der Waals surface area contributed by atoms with Crippen molar-refractivity contribution >= 4 is 17.7 Å². The second-order valence-electron chi connectivity index (χ2n) is 3.40. The molecule has 3 N–H and O–H groups in total. The van der Waals surface area contributed by atoms with Gasteiger partial charge in [-0.25, -0.2) is 18.4 Å². The molecule has 0 saturated carbocycles. The van der Waals surface area contributed by atoms with E-state index >= 15 is 0 Å². The third-order valence-electron chi connectivity index (χ3n) is 1.90. The summed E-state index contributed by atoms with van der Waals surface area (Å²) in [4.78, 5) is 21.7. The molecule has 1 aromatic carbocycles. The van der Waals surface area contributed by atoms with Crippen LogP contribution < -0.4 is 15.4 Å². The molecule has 8 heteroatoms. The maximum absolute atomic E-state index is 11.9. The van der Waals surface area contributed by atoms with Crippen molar-refractivity contribution < 1.29 is 28.2 Å². The molecule has 6 nitrogen and oxygen atoms in total. The molecule has 0 aromatic heterocycles. The number of para-hydroxylation sites is 2. The first-order valence-corrected chi connectivity index (χ1v) is 5.25. The van der Waals surface area contributed by atoms with Crippen LogP contribution in [0.3, 0.4) is 0 Å². The van der Waals surface area contributed by atoms with Gasteiger partial charge in [0.15, 0.2) is 6.61 Å². The maximum atomic E-state index is 11.9. The van der Waals surface area contributed by atoms with Gasteiger partial charge in [0.2, 0.25) is 0 Å². The summed E-state index contributed by atoms with van der Waals surface area (Å²) in [5.74, 6) is -1.03. The number of amides is 2. The predicted molar refractivity (Wildman–Crippen MR) is 62.6 cm³/mol. The molecule has 0 unspecified atom stereocenters. The average molecular weight is 274 g/mol. The minimum absolute atomic E-state index is 0.136. The predicted octanol–water partition coefficient (Wildman–Crippen LogP) is 1.54. The molecule has 0 aliphatic rings. The van der Waals surface area contributed by atoms with E-state index < -0.39 is 31.6 Å². The number of hydrogen-bond acceptors (Lipinski definition) is 3. The molecule has 0 spiro atoms. The van der Waals surface area contributed by atoms with Crippen LogP contribution in [0, 0.1) is 0 Å². The molecule has 19 heavy (non-hydrogen) atoms. The van der Waals surface area contributed by atoms with Crippen molar-refractivity contribution in [1.82, 2.24) is 5.32 Å². The van der Waals surface area contributed by atoms with Gasteiger partial charge in [-0.15, -0.1) is 0 Å². The highest BCUT2D eigenvalue weighted by molar-refractivity contribution is 5.90. The lowest BCUT2D eigenvalue weighted by atomic mass is 10.3. The number of carbonyl (C=O) groups is 2. The first-order valence-electron chi connectivity index (χ1n) is 5.25. The smallest absolute Gasteiger partial charge is 0.341 e. The fourth-order valence-corrected chi connectivity index (χ4v) is 1.17. The van der Waals surface area contributed by atoms with E-state index in [-0.39, 0.29) is 11.4 Å². The number of halogens is 2. The Bertz CT molecular complexity index is 454. The number of hydrogen-bond donors (Lipinski definition) is 3. The number of carbonyl (C=O) groups excluding carboxylic acids is 1. The Labute approximate surface area is 107 Å². The number of carboxylic acids is 1. The highest BCUT2D eigenvalue weighted by Crippen LogP contribution is 2.23. The van der Waals surface area contributed by atoms with Crippen molar-refractivity contribution in [3.63, 3.8) is 0 Å². The van der Waals surface area contributed by atoms with Gasteiger partial charge in [0.1, 0.15) is 5.75 Å². The Morgan fingerprint density at radius 2 is 2.00 bits per heavy atom. The van der Waals surface area contributed by atoms with Gasteiger partial charge in [-0.3, -0.25) is 0 Å². The highest BCUT2D eigenvalue weighted by Gasteiger charge is 2.10. The molecule has 0 radical (unpaired) electrons. The van der Waals surface area contributed by atoms with Crippen LogP contribution in [-0.2, 0) is 4.79 Å². The number of rotatable bonds is 6. The number of benzene rings is 1. The molecule has 1 rings (SSSR count). The van der Waals surface area contributed by atoms with Gasteiger partial charge in [-0.1, -0.05) is 12.1 Å². The molecule has 0 heterocycles. The van der Waals surface area contributed by atoms with Crippen LogP contribution in [0.2, 0.25) is 0 Å². The zero-order chi connectivity index (χ0) is 14.3. The van der Waals surface area contributed by atoms with Crippen molar-refractivity contribution in [2.24, 2.45) is 0 Å². The quantitative estimate of drug-likeness (QED) is 0.734. The summed E-state index contributed by atoms with van der Waals surface area (Å²) in [5.41, 5.74) is 0.190. The molecule has 0 bridgehead atoms. The molecular formula is C11H12F2N2O4. The van der Waals surface area contributed by atoms with Crippen LogP contribution in [-0.4, -0.2) is 36.7 Å². The standard InChI is InChI=1S/C11H12F2N2O4/c12-9(13)5-14-11(18)15-7-3-1-2-4-8(7)19-6-10(16)17/h1-4,9H,5-6H2,(H,16,17)(H2,14,15,18). The summed E-state index contributed by atoms with van der Waals surface area (Å²) >= 11 is 0. The van der Waals surface area contributed by atoms with Gasteiger partial charge < -0.3 is 20.5 Å². The topological polar surface area (TPSA) is 87.7 Å². The summed E-state index contributed by atoms with van der Waals surface area (Å²) < 4.78 is 28.7. The average Bonchev–Trinajstić information content (AvgIpc) is 2.35. The van der Waals surface area contributed by atoms with E-state index in [0.717, 1.165) is 0 Å². The van der Waals surface area contributed by atoms with Crippen LogP contribution in [0.4, 0.5) is 19.3 Å². The van der Waals surface area contributed by atoms with Crippen molar-refractivity contribution in [1.29, 1.82) is 0 Å². The lowest BCUT2D eigenvalue weighted by molar-refractivity contribution is -0.139. The second-order valence-corrected chi connectivity index (χ2v) is 3.40. The molecule has 104 valence electrons. The molecule has 0 aliphatic carbocycles. The third kappa shape index (κ3) is 5.66. The van der Waals surface area contributed by atoms with Gasteiger partial charge in [0, 0.05) is 0 Å². The van der Waals surface area contributed by atoms with Gasteiger partial charge >= 0.3 is 12.0 Å². The van der Waals surface area contributed by atoms with E-state index in [4.69, 9.17) is 9.84 Å². The zero-order valence-electron chi connectivity index (χ0n) is 9.73. The molecule has 0 fully saturated rings. The number of ether oxygens (including phenoxy) is 1. The Morgan fingerprint density at radius 1 is 1.32 bits per heavy atom. The second kappa shape index (κ2) is 7.14. The Kier molecular flexibility index (Phi) is 5.52. The molecule has 2 amide bonds. The number of aliphatic carboxylic acids is 1. The SMILES string of the molecule is O=C(O)COc1ccccc1NC(=O)NCC(F)F. The number of anilines is 1. The van der Waals surface area contributed by atoms with E-state index in [1.807, 2.05) is 5.32 Å². The Morgan fingerprint density at radius 3 is 2.63 bits per heavy atom. The zero-order valence-corrected chi connectivity index (χ0v) is 9.73. The van der Waals surface area contributed by atoms with E-state index in [2.05, 4.69) is 5.32 Å². The van der Waals surface area contributed by atoms with Crippen LogP contribution in [0.15, 0.2) is 24.3 Å². The molecule has 0 atom stereocenters. The minimum Gasteiger partial charge on any atom is -0.480 e. The van der Waals surface area contributed by atoms with Gasteiger partial charge in [0.25, 0.3) is 6.43 Å². The highest BCUT2D eigenvalue weighted by atomic mass is 19.3. The molecular weight excluding hydrogens is 262 g/mol. The normalized spacial score (nSPS) is 10.1. The number of nitrogens with one attached hydrogen (secondary N) is 2. The van der Waals surface area contributed by atoms with E-state index in [1.54, 1.807) is 12.1 Å². The van der Waals surface area contributed by atoms with Gasteiger partial charge in [-0.05, 0) is 12.1 Å². The summed E-state index contributed by atoms with van der Waals surface area (Å²) in [6, 6.07) is 5.24. The summed E-state index contributed by atoms with van der Waals surface area (Å²) in [6.07, 6.45) is -2.65. The third-order valence-corrected chi connectivity index (χ3v) is 1.90. The van der Waals surface area contributed by atoms with Crippen LogP contribution >= 0.6 is 0 Å². The largest absolute Gasteiger partial charge is 0.480 e. The van der Waals surface area contributed by atoms with Crippen LogP contribution in [0.5, 0.6) is 5.75 Å². The van der Waals surface area contributed by atoms with Crippen molar-refractivity contribution in [2.75, 3.05) is 18.5 Å². The molecule has 0 aliphatic heterocycles. The Hall–Kier alpha value is -2.38. The molecule has 1 aromatic rings. The fraction of sp³-hybridized carbons (Fsp3) is 0.273. The van der Waals surface area contributed by atoms with Crippen molar-refractivity contribution in [3.05, 3.63) is 24.3 Å². The fourth-order valence-electron chi connectivity index (χ4n) is 1.17. The first kappa shape index (κ1) is 14.7. The summed E-state index contributed by atoms with van der Waals surface area (Å²) in [7, 11) is 0. The minimum atomic E-state index is -2.65. The monoisotopic (exact) mass is 274 g/mol. The van der Waals surface area contributed by atoms with E-state index in [0.29, 0.717) is 0 Å². The first-order chi connectivity index (χ1) is 8.99. The lowest BCUT2D eigenvalue weighted by Gasteiger charge is -2.11. The van der Waals surface area contributed by atoms with E-state index in [1.165, 1.54) is 12.1 Å². The Balaban J connectivity index is 2.61. The van der Waals surface area contributed by atoms with Crippen LogP contribution in [0.1, 0.15) is 0 Å². The van der Waals surface area contributed by atoms with Gasteiger partial charge in [-0.2, -0.15) is 0 Å². The lowest BCUT2D eigenvalue weighted by Crippen LogP contribution is -2.32. The van der Waals surface area contributed by atoms with Crippen molar-refractivity contribution in [3.8, 4) is 5.75 Å². The summed E-state index contributed by atoms with van der Waals surface area (Å²) in [6.45, 7) is -1.35. The van der Waals surface area contributed by atoms with E-state index in [9.17, 15) is 18.4 Å². The number of urea groups is 1. The van der Waals surface area contributed by atoms with Crippen molar-refractivity contribution in [2.45, 2.75) is 6.43 Å². The van der Waals surface area contributed by atoms with Gasteiger partial charge in [0.05, 0.1) is 12.2 Å².